The van der Waals surface area contributed by atoms with E-state index < -0.39 is 13.0 Å². The van der Waals surface area contributed by atoms with Gasteiger partial charge in [0.2, 0.25) is 0 Å². The standard InChI is InChI=1S/C5H5BF2N2/c6-4-1-9-10(2-4)3-5(7)8/h1-2,5H,3H2. The van der Waals surface area contributed by atoms with Crippen LogP contribution in [0.3, 0.4) is 0 Å². The second-order valence-electron chi connectivity index (χ2n) is 1.89. The van der Waals surface area contributed by atoms with E-state index >= 15 is 0 Å². The highest BCUT2D eigenvalue weighted by atomic mass is 19.3. The van der Waals surface area contributed by atoms with Crippen LogP contribution in [0.4, 0.5) is 8.78 Å². The van der Waals surface area contributed by atoms with E-state index in [4.69, 9.17) is 7.85 Å². The van der Waals surface area contributed by atoms with E-state index in [1.54, 1.807) is 0 Å². The van der Waals surface area contributed by atoms with Gasteiger partial charge in [-0.3, -0.25) is 4.68 Å². The third-order valence-corrected chi connectivity index (χ3v) is 0.978. The van der Waals surface area contributed by atoms with Crippen molar-refractivity contribution in [1.82, 2.24) is 9.78 Å². The molecule has 1 aromatic rings. The van der Waals surface area contributed by atoms with Crippen molar-refractivity contribution in [1.29, 1.82) is 0 Å². The smallest absolute Gasteiger partial charge is 0.257 e. The summed E-state index contributed by atoms with van der Waals surface area (Å²) >= 11 is 0. The van der Waals surface area contributed by atoms with Crippen molar-refractivity contribution in [2.45, 2.75) is 13.0 Å². The van der Waals surface area contributed by atoms with Gasteiger partial charge in [0.15, 0.2) is 0 Å². The number of alkyl halides is 2. The zero-order valence-electron chi connectivity index (χ0n) is 5.17. The highest BCUT2D eigenvalue weighted by Gasteiger charge is 2.02. The molecule has 52 valence electrons. The molecular formula is C5H5BF2N2. The van der Waals surface area contributed by atoms with Gasteiger partial charge in [0, 0.05) is 12.4 Å². The third kappa shape index (κ3) is 1.82. The van der Waals surface area contributed by atoms with E-state index in [2.05, 4.69) is 5.10 Å². The molecular weight excluding hydrogens is 137 g/mol. The zero-order chi connectivity index (χ0) is 7.56. The van der Waals surface area contributed by atoms with Gasteiger partial charge in [-0.05, 0) is 0 Å². The van der Waals surface area contributed by atoms with Gasteiger partial charge < -0.3 is 0 Å². The molecule has 0 saturated heterocycles. The van der Waals surface area contributed by atoms with E-state index in [1.807, 2.05) is 0 Å². The van der Waals surface area contributed by atoms with Crippen LogP contribution in [0, 0.1) is 0 Å². The van der Waals surface area contributed by atoms with Gasteiger partial charge in [0.05, 0.1) is 0 Å². The first kappa shape index (κ1) is 7.24. The lowest BCUT2D eigenvalue weighted by atomic mass is 10.0. The maximum atomic E-state index is 11.6. The molecule has 2 radical (unpaired) electrons. The van der Waals surface area contributed by atoms with Crippen molar-refractivity contribution < 1.29 is 8.78 Å². The summed E-state index contributed by atoms with van der Waals surface area (Å²) in [6.07, 6.45) is 0.327. The topological polar surface area (TPSA) is 17.8 Å². The lowest BCUT2D eigenvalue weighted by molar-refractivity contribution is 0.122. The predicted molar refractivity (Wildman–Crippen MR) is 33.6 cm³/mol. The maximum Gasteiger partial charge on any atom is 0.257 e. The van der Waals surface area contributed by atoms with Crippen LogP contribution in [0.5, 0.6) is 0 Å². The van der Waals surface area contributed by atoms with Crippen molar-refractivity contribution in [3.05, 3.63) is 12.4 Å². The molecule has 0 saturated carbocycles. The van der Waals surface area contributed by atoms with Crippen LogP contribution in [0.2, 0.25) is 0 Å². The van der Waals surface area contributed by atoms with E-state index in [9.17, 15) is 8.78 Å². The van der Waals surface area contributed by atoms with Gasteiger partial charge in [-0.2, -0.15) is 5.10 Å². The summed E-state index contributed by atoms with van der Waals surface area (Å²) in [7, 11) is 5.23. The predicted octanol–water partition coefficient (Wildman–Crippen LogP) is -0.0580. The van der Waals surface area contributed by atoms with Crippen LogP contribution >= 0.6 is 0 Å². The van der Waals surface area contributed by atoms with Crippen LogP contribution in [0.1, 0.15) is 0 Å². The summed E-state index contributed by atoms with van der Waals surface area (Å²) in [5.74, 6) is 0. The fraction of sp³-hybridized carbons (Fsp3) is 0.400. The van der Waals surface area contributed by atoms with Gasteiger partial charge >= 0.3 is 0 Å². The summed E-state index contributed by atoms with van der Waals surface area (Å²) in [5.41, 5.74) is 0.403. The van der Waals surface area contributed by atoms with Crippen molar-refractivity contribution in [2.24, 2.45) is 0 Å². The Bertz CT molecular complexity index is 211. The lowest BCUT2D eigenvalue weighted by Gasteiger charge is -1.97. The lowest BCUT2D eigenvalue weighted by Crippen LogP contribution is -2.07. The molecule has 0 spiro atoms. The molecule has 0 aliphatic heterocycles. The minimum absolute atomic E-state index is 0.392. The van der Waals surface area contributed by atoms with Crippen molar-refractivity contribution in [3.8, 4) is 0 Å². The molecule has 0 bridgehead atoms. The van der Waals surface area contributed by atoms with Crippen LogP contribution < -0.4 is 5.46 Å². The number of halogens is 2. The van der Waals surface area contributed by atoms with Gasteiger partial charge in [-0.25, -0.2) is 8.78 Å². The molecule has 1 heterocycles. The van der Waals surface area contributed by atoms with Gasteiger partial charge in [-0.1, -0.05) is 5.46 Å². The Morgan fingerprint density at radius 2 is 2.40 bits per heavy atom. The van der Waals surface area contributed by atoms with Crippen LogP contribution in [0.25, 0.3) is 0 Å². The molecule has 1 aromatic heterocycles. The van der Waals surface area contributed by atoms with Crippen LogP contribution in [-0.4, -0.2) is 24.1 Å². The normalized spacial score (nSPS) is 10.7. The molecule has 2 nitrogen and oxygen atoms in total. The molecule has 5 heteroatoms. The average molecular weight is 142 g/mol. The molecule has 0 aromatic carbocycles. The number of hydrogen-bond donors (Lipinski definition) is 0. The van der Waals surface area contributed by atoms with E-state index in [-0.39, 0.29) is 0 Å². The highest BCUT2D eigenvalue weighted by Crippen LogP contribution is 1.94. The van der Waals surface area contributed by atoms with Crippen LogP contribution in [-0.2, 0) is 6.54 Å². The highest BCUT2D eigenvalue weighted by molar-refractivity contribution is 6.31. The SMILES string of the molecule is [B]c1cnn(CC(F)F)c1. The maximum absolute atomic E-state index is 11.6. The monoisotopic (exact) mass is 142 g/mol. The number of hydrogen-bond acceptors (Lipinski definition) is 1. The fourth-order valence-electron chi connectivity index (χ4n) is 0.621. The summed E-state index contributed by atoms with van der Waals surface area (Å²) in [6.45, 7) is -0.392. The summed E-state index contributed by atoms with van der Waals surface area (Å²) in [4.78, 5) is 0. The Balaban J connectivity index is 2.58. The first-order chi connectivity index (χ1) is 4.68. The molecule has 0 amide bonds. The molecule has 0 fully saturated rings. The number of nitrogens with zero attached hydrogens (tertiary/aromatic N) is 2. The molecule has 10 heavy (non-hydrogen) atoms. The fourth-order valence-corrected chi connectivity index (χ4v) is 0.621. The second-order valence-corrected chi connectivity index (χ2v) is 1.89. The largest absolute Gasteiger partial charge is 0.268 e. The Kier molecular flexibility index (Phi) is 2.04. The average Bonchev–Trinajstić information content (AvgIpc) is 2.13. The number of rotatable bonds is 2. The molecule has 0 unspecified atom stereocenters. The Morgan fingerprint density at radius 3 is 2.80 bits per heavy atom. The first-order valence-corrected chi connectivity index (χ1v) is 2.74. The van der Waals surface area contributed by atoms with E-state index in [0.29, 0.717) is 5.46 Å². The molecule has 0 aliphatic carbocycles. The van der Waals surface area contributed by atoms with Gasteiger partial charge in [-0.15, -0.1) is 0 Å². The van der Waals surface area contributed by atoms with Crippen molar-refractivity contribution in [3.63, 3.8) is 0 Å². The summed E-state index contributed by atoms with van der Waals surface area (Å²) in [6, 6.07) is 0. The zero-order valence-corrected chi connectivity index (χ0v) is 5.17. The van der Waals surface area contributed by atoms with Gasteiger partial charge in [0.1, 0.15) is 14.4 Å². The molecule has 0 aliphatic rings. The van der Waals surface area contributed by atoms with E-state index in [0.717, 1.165) is 4.68 Å². The number of aromatic nitrogens is 2. The Hall–Kier alpha value is -0.865. The summed E-state index contributed by atoms with van der Waals surface area (Å²) < 4.78 is 24.4. The second kappa shape index (κ2) is 2.81. The van der Waals surface area contributed by atoms with Gasteiger partial charge in [0.25, 0.3) is 6.43 Å². The van der Waals surface area contributed by atoms with Crippen molar-refractivity contribution in [2.75, 3.05) is 0 Å². The van der Waals surface area contributed by atoms with E-state index in [1.165, 1.54) is 12.4 Å². The van der Waals surface area contributed by atoms with Crippen molar-refractivity contribution >= 4 is 13.3 Å². The molecule has 0 atom stereocenters. The Labute approximate surface area is 58.3 Å². The molecule has 1 rings (SSSR count). The first-order valence-electron chi connectivity index (χ1n) is 2.74. The third-order valence-electron chi connectivity index (χ3n) is 0.978. The minimum Gasteiger partial charge on any atom is -0.268 e. The summed E-state index contributed by atoms with van der Waals surface area (Å²) in [5, 5.41) is 3.57. The molecule has 0 N–H and O–H groups in total. The van der Waals surface area contributed by atoms with Crippen LogP contribution in [0.15, 0.2) is 12.4 Å². The Morgan fingerprint density at radius 1 is 1.70 bits per heavy atom. The quantitative estimate of drug-likeness (QED) is 0.529. The minimum atomic E-state index is -2.38.